The minimum atomic E-state index is 0.109. The summed E-state index contributed by atoms with van der Waals surface area (Å²) >= 11 is 3.41. The highest BCUT2D eigenvalue weighted by molar-refractivity contribution is 9.10. The Hall–Kier alpha value is -2.08. The van der Waals surface area contributed by atoms with E-state index in [4.69, 9.17) is 0 Å². The zero-order valence-electron chi connectivity index (χ0n) is 16.2. The molecule has 6 heteroatoms. The van der Waals surface area contributed by atoms with E-state index in [2.05, 4.69) is 63.6 Å². The normalized spacial score (nSPS) is 14.6. The van der Waals surface area contributed by atoms with Gasteiger partial charge in [0.25, 0.3) is 5.91 Å². The van der Waals surface area contributed by atoms with Gasteiger partial charge in [0.1, 0.15) is 5.82 Å². The highest BCUT2D eigenvalue weighted by atomic mass is 79.9. The fourth-order valence-electron chi connectivity index (χ4n) is 3.52. The molecule has 0 atom stereocenters. The lowest BCUT2D eigenvalue weighted by atomic mass is 10.1. The first-order valence-corrected chi connectivity index (χ1v) is 10.3. The molecule has 1 amide bonds. The van der Waals surface area contributed by atoms with E-state index in [9.17, 15) is 4.79 Å². The number of nitrogens with zero attached hydrogens (tertiary/aromatic N) is 4. The Morgan fingerprint density at radius 3 is 2.30 bits per heavy atom. The quantitative estimate of drug-likeness (QED) is 0.717. The number of rotatable bonds is 5. The molecule has 0 spiro atoms. The van der Waals surface area contributed by atoms with Gasteiger partial charge in [0.2, 0.25) is 0 Å². The molecular weight excluding hydrogens is 404 g/mol. The zero-order chi connectivity index (χ0) is 19.4. The summed E-state index contributed by atoms with van der Waals surface area (Å²) in [6.07, 6.45) is 1.81. The fourth-order valence-corrected chi connectivity index (χ4v) is 3.75. The number of carbonyl (C=O) groups is 1. The predicted molar refractivity (Wildman–Crippen MR) is 115 cm³/mol. The van der Waals surface area contributed by atoms with Gasteiger partial charge in [0.15, 0.2) is 0 Å². The van der Waals surface area contributed by atoms with Crippen molar-refractivity contribution < 1.29 is 4.79 Å². The van der Waals surface area contributed by atoms with Crippen molar-refractivity contribution in [2.45, 2.75) is 26.8 Å². The second kappa shape index (κ2) is 8.74. The largest absolute Gasteiger partial charge is 0.369 e. The fraction of sp³-hybridized carbons (Fsp3) is 0.429. The molecule has 2 aromatic rings. The summed E-state index contributed by atoms with van der Waals surface area (Å²) < 4.78 is 0.975. The van der Waals surface area contributed by atoms with Crippen LogP contribution in [0.25, 0.3) is 0 Å². The number of carbonyl (C=O) groups excluding carboxylic acids is 1. The third-order valence-corrected chi connectivity index (χ3v) is 5.48. The zero-order valence-corrected chi connectivity index (χ0v) is 17.8. The molecule has 1 aromatic heterocycles. The molecule has 0 bridgehead atoms. The van der Waals surface area contributed by atoms with Crippen LogP contribution in [0.2, 0.25) is 0 Å². The van der Waals surface area contributed by atoms with E-state index >= 15 is 0 Å². The summed E-state index contributed by atoms with van der Waals surface area (Å²) in [5.74, 6) is 1.07. The Bertz CT molecular complexity index is 753. The number of anilines is 2. The summed E-state index contributed by atoms with van der Waals surface area (Å²) in [4.78, 5) is 23.8. The maximum absolute atomic E-state index is 12.8. The minimum Gasteiger partial charge on any atom is -0.369 e. The Kier molecular flexibility index (Phi) is 6.37. The van der Waals surface area contributed by atoms with Gasteiger partial charge in [-0.3, -0.25) is 4.79 Å². The van der Waals surface area contributed by atoms with Crippen LogP contribution in [0.1, 0.15) is 31.1 Å². The molecule has 0 aliphatic carbocycles. The topological polar surface area (TPSA) is 39.7 Å². The van der Waals surface area contributed by atoms with Crippen molar-refractivity contribution >= 4 is 33.3 Å². The van der Waals surface area contributed by atoms with Crippen LogP contribution in [0.3, 0.4) is 0 Å². The van der Waals surface area contributed by atoms with Crippen LogP contribution in [-0.2, 0) is 0 Å². The first-order chi connectivity index (χ1) is 13.0. The molecule has 1 saturated heterocycles. The Balaban J connectivity index is 1.61. The third-order valence-electron chi connectivity index (χ3n) is 5.01. The van der Waals surface area contributed by atoms with Crippen molar-refractivity contribution in [1.82, 2.24) is 9.88 Å². The molecule has 1 aliphatic rings. The van der Waals surface area contributed by atoms with Gasteiger partial charge in [-0.1, -0.05) is 0 Å². The van der Waals surface area contributed by atoms with Crippen LogP contribution >= 0.6 is 15.9 Å². The van der Waals surface area contributed by atoms with E-state index in [-0.39, 0.29) is 5.91 Å². The number of hydrogen-bond acceptors (Lipinski definition) is 4. The number of pyridine rings is 1. The molecule has 1 fully saturated rings. The van der Waals surface area contributed by atoms with Crippen LogP contribution in [0.5, 0.6) is 0 Å². The van der Waals surface area contributed by atoms with Gasteiger partial charge in [0.05, 0.1) is 0 Å². The van der Waals surface area contributed by atoms with E-state index < -0.39 is 0 Å². The Morgan fingerprint density at radius 1 is 1.11 bits per heavy atom. The van der Waals surface area contributed by atoms with Gasteiger partial charge in [-0.2, -0.15) is 0 Å². The van der Waals surface area contributed by atoms with Crippen LogP contribution in [0.4, 0.5) is 11.5 Å². The molecule has 1 aliphatic heterocycles. The smallest absolute Gasteiger partial charge is 0.253 e. The molecule has 5 nitrogen and oxygen atoms in total. The lowest BCUT2D eigenvalue weighted by molar-refractivity contribution is 0.0746. The number of halogens is 1. The number of aromatic nitrogens is 1. The van der Waals surface area contributed by atoms with Crippen LogP contribution in [0.15, 0.2) is 47.1 Å². The predicted octanol–water partition coefficient (Wildman–Crippen LogP) is 4.04. The summed E-state index contributed by atoms with van der Waals surface area (Å²) in [5.41, 5.74) is 1.92. The number of benzene rings is 1. The number of amides is 1. The average molecular weight is 431 g/mol. The first-order valence-electron chi connectivity index (χ1n) is 9.52. The molecule has 0 N–H and O–H groups in total. The molecule has 1 aromatic carbocycles. The van der Waals surface area contributed by atoms with E-state index in [1.54, 1.807) is 0 Å². The molecule has 144 valence electrons. The number of piperazine rings is 1. The Labute approximate surface area is 170 Å². The van der Waals surface area contributed by atoms with Gasteiger partial charge in [-0.15, -0.1) is 0 Å². The van der Waals surface area contributed by atoms with Crippen molar-refractivity contribution in [3.05, 3.63) is 52.6 Å². The van der Waals surface area contributed by atoms with Gasteiger partial charge in [-0.25, -0.2) is 4.98 Å². The average Bonchev–Trinajstić information content (AvgIpc) is 2.69. The summed E-state index contributed by atoms with van der Waals surface area (Å²) in [6, 6.07) is 12.5. The van der Waals surface area contributed by atoms with Gasteiger partial charge < -0.3 is 14.7 Å². The standard InChI is InChI=1S/C21H27BrN4O/c1-4-26(16(2)3)19-8-5-17(6-9-19)21(27)25-13-11-24(12-14-25)20-10-7-18(22)15-23-20/h5-10,15-16H,4,11-14H2,1-3H3. The molecule has 0 radical (unpaired) electrons. The van der Waals surface area contributed by atoms with Crippen LogP contribution in [0, 0.1) is 0 Å². The van der Waals surface area contributed by atoms with Gasteiger partial charge in [-0.05, 0) is 73.1 Å². The Morgan fingerprint density at radius 2 is 1.78 bits per heavy atom. The summed E-state index contributed by atoms with van der Waals surface area (Å²) in [6.45, 7) is 10.5. The SMILES string of the molecule is CCN(c1ccc(C(=O)N2CCN(c3ccc(Br)cn3)CC2)cc1)C(C)C. The van der Waals surface area contributed by atoms with E-state index in [0.717, 1.165) is 41.2 Å². The van der Waals surface area contributed by atoms with E-state index in [1.165, 1.54) is 0 Å². The maximum Gasteiger partial charge on any atom is 0.253 e. The van der Waals surface area contributed by atoms with Crippen molar-refractivity contribution in [3.63, 3.8) is 0 Å². The first kappa shape index (κ1) is 19.7. The van der Waals surface area contributed by atoms with E-state index in [1.807, 2.05) is 35.4 Å². The molecule has 27 heavy (non-hydrogen) atoms. The van der Waals surface area contributed by atoms with Crippen molar-refractivity contribution in [3.8, 4) is 0 Å². The second-order valence-corrected chi connectivity index (χ2v) is 7.96. The molecule has 2 heterocycles. The maximum atomic E-state index is 12.8. The van der Waals surface area contributed by atoms with Crippen molar-refractivity contribution in [2.24, 2.45) is 0 Å². The summed E-state index contributed by atoms with van der Waals surface area (Å²) in [7, 11) is 0. The molecule has 3 rings (SSSR count). The highest BCUT2D eigenvalue weighted by Gasteiger charge is 2.23. The van der Waals surface area contributed by atoms with E-state index in [0.29, 0.717) is 19.1 Å². The van der Waals surface area contributed by atoms with Crippen molar-refractivity contribution in [1.29, 1.82) is 0 Å². The second-order valence-electron chi connectivity index (χ2n) is 7.04. The summed E-state index contributed by atoms with van der Waals surface area (Å²) in [5, 5.41) is 0. The van der Waals surface area contributed by atoms with Gasteiger partial charge in [0, 0.05) is 60.7 Å². The monoisotopic (exact) mass is 430 g/mol. The number of hydrogen-bond donors (Lipinski definition) is 0. The van der Waals surface area contributed by atoms with Gasteiger partial charge >= 0.3 is 0 Å². The molecule has 0 unspecified atom stereocenters. The molecular formula is C21H27BrN4O. The minimum absolute atomic E-state index is 0.109. The van der Waals surface area contributed by atoms with Crippen molar-refractivity contribution in [2.75, 3.05) is 42.5 Å². The lowest BCUT2D eigenvalue weighted by Gasteiger charge is -2.35. The molecule has 0 saturated carbocycles. The highest BCUT2D eigenvalue weighted by Crippen LogP contribution is 2.20. The third kappa shape index (κ3) is 4.61. The van der Waals surface area contributed by atoms with Crippen LogP contribution in [-0.4, -0.2) is 54.6 Å². The van der Waals surface area contributed by atoms with Crippen LogP contribution < -0.4 is 9.80 Å². The lowest BCUT2D eigenvalue weighted by Crippen LogP contribution is -2.49.